The van der Waals surface area contributed by atoms with Crippen LogP contribution in [0.25, 0.3) is 22.3 Å². The van der Waals surface area contributed by atoms with Gasteiger partial charge in [-0.05, 0) is 38.4 Å². The maximum atomic E-state index is 13.0. The molecule has 0 aliphatic rings. The molecule has 1 amide bonds. The summed E-state index contributed by atoms with van der Waals surface area (Å²) < 4.78 is 7.12. The Morgan fingerprint density at radius 3 is 2.66 bits per heavy atom. The number of rotatable bonds is 10. The Morgan fingerprint density at radius 2 is 2.00 bits per heavy atom. The number of nitrogens with zero attached hydrogens (tertiary/aromatic N) is 6. The van der Waals surface area contributed by atoms with Gasteiger partial charge in [-0.2, -0.15) is 10.1 Å². The molecule has 3 heterocycles. The molecule has 0 saturated carbocycles. The lowest BCUT2D eigenvalue weighted by atomic mass is 10.1. The van der Waals surface area contributed by atoms with Crippen molar-refractivity contribution in [1.82, 2.24) is 29.6 Å². The van der Waals surface area contributed by atoms with E-state index in [1.54, 1.807) is 44.8 Å². The number of carbonyl (C=O) groups excluding carboxylic acids is 1. The van der Waals surface area contributed by atoms with Gasteiger partial charge in [0.2, 0.25) is 11.9 Å². The molecular formula is C26H31N9O3. The summed E-state index contributed by atoms with van der Waals surface area (Å²) in [5, 5.41) is 13.5. The van der Waals surface area contributed by atoms with E-state index >= 15 is 0 Å². The second kappa shape index (κ2) is 11.1. The number of aromatic nitrogens is 5. The van der Waals surface area contributed by atoms with Gasteiger partial charge in [0.05, 0.1) is 35.4 Å². The van der Waals surface area contributed by atoms with E-state index < -0.39 is 0 Å². The number of hydrogen-bond donors (Lipinski definition) is 3. The van der Waals surface area contributed by atoms with Crippen LogP contribution in [-0.2, 0) is 11.8 Å². The van der Waals surface area contributed by atoms with Crippen molar-refractivity contribution in [3.05, 3.63) is 59.7 Å². The third-order valence-corrected chi connectivity index (χ3v) is 6.04. The van der Waals surface area contributed by atoms with E-state index in [1.807, 2.05) is 32.1 Å². The lowest BCUT2D eigenvalue weighted by Crippen LogP contribution is -2.29. The van der Waals surface area contributed by atoms with Crippen molar-refractivity contribution in [2.24, 2.45) is 7.05 Å². The van der Waals surface area contributed by atoms with E-state index in [4.69, 9.17) is 4.74 Å². The van der Waals surface area contributed by atoms with Gasteiger partial charge in [0.1, 0.15) is 11.4 Å². The van der Waals surface area contributed by atoms with E-state index in [9.17, 15) is 9.59 Å². The van der Waals surface area contributed by atoms with Gasteiger partial charge in [-0.1, -0.05) is 6.58 Å². The summed E-state index contributed by atoms with van der Waals surface area (Å²) >= 11 is 0. The number of nitrogens with one attached hydrogen (secondary N) is 3. The van der Waals surface area contributed by atoms with Gasteiger partial charge >= 0.3 is 0 Å². The molecule has 0 radical (unpaired) electrons. The molecule has 4 aromatic rings. The number of hydrogen-bond acceptors (Lipinski definition) is 9. The molecule has 12 heteroatoms. The number of anilines is 4. The minimum atomic E-state index is -0.339. The molecule has 0 saturated heterocycles. The molecule has 4 rings (SSSR count). The Kier molecular flexibility index (Phi) is 7.72. The average molecular weight is 518 g/mol. The van der Waals surface area contributed by atoms with E-state index in [1.165, 1.54) is 10.6 Å². The summed E-state index contributed by atoms with van der Waals surface area (Å²) in [6.07, 6.45) is 4.44. The fraction of sp³-hybridized carbons (Fsp3) is 0.269. The Bertz CT molecular complexity index is 1530. The van der Waals surface area contributed by atoms with Gasteiger partial charge in [-0.25, -0.2) is 4.98 Å². The summed E-state index contributed by atoms with van der Waals surface area (Å²) in [4.78, 5) is 38.3. The number of H-pyrrole nitrogens is 1. The Labute approximate surface area is 220 Å². The summed E-state index contributed by atoms with van der Waals surface area (Å²) in [6, 6.07) is 7.06. The Morgan fingerprint density at radius 1 is 1.21 bits per heavy atom. The number of benzene rings is 1. The maximum absolute atomic E-state index is 13.0. The highest BCUT2D eigenvalue weighted by atomic mass is 16.5. The first kappa shape index (κ1) is 26.4. The minimum Gasteiger partial charge on any atom is -0.494 e. The molecule has 3 N–H and O–H groups in total. The Hall–Kier alpha value is -4.71. The van der Waals surface area contributed by atoms with Crippen LogP contribution in [0.5, 0.6) is 5.75 Å². The summed E-state index contributed by atoms with van der Waals surface area (Å²) in [6.45, 7) is 5.10. The number of amides is 1. The number of aryl methyl sites for hydroxylation is 1. The summed E-state index contributed by atoms with van der Waals surface area (Å²) in [5.74, 6) is 0.448. The van der Waals surface area contributed by atoms with Crippen molar-refractivity contribution < 1.29 is 9.53 Å². The molecule has 0 spiro atoms. The predicted molar refractivity (Wildman–Crippen MR) is 149 cm³/mol. The molecule has 0 atom stereocenters. The van der Waals surface area contributed by atoms with Gasteiger partial charge in [0, 0.05) is 51.0 Å². The van der Waals surface area contributed by atoms with Crippen LogP contribution in [0.4, 0.5) is 23.0 Å². The van der Waals surface area contributed by atoms with Gasteiger partial charge < -0.3 is 25.2 Å². The lowest BCUT2D eigenvalue weighted by Gasteiger charge is -2.26. The zero-order chi connectivity index (χ0) is 27.4. The van der Waals surface area contributed by atoms with Crippen molar-refractivity contribution in [3.8, 4) is 17.0 Å². The van der Waals surface area contributed by atoms with E-state index in [-0.39, 0.29) is 17.4 Å². The fourth-order valence-corrected chi connectivity index (χ4v) is 3.93. The zero-order valence-corrected chi connectivity index (χ0v) is 22.1. The monoisotopic (exact) mass is 517 g/mol. The maximum Gasteiger partial charge on any atom is 0.261 e. The van der Waals surface area contributed by atoms with Crippen LogP contribution in [0.2, 0.25) is 0 Å². The first-order chi connectivity index (χ1) is 18.2. The van der Waals surface area contributed by atoms with E-state index in [0.717, 1.165) is 18.8 Å². The highest BCUT2D eigenvalue weighted by Gasteiger charge is 2.17. The zero-order valence-electron chi connectivity index (χ0n) is 22.1. The molecule has 0 unspecified atom stereocenters. The van der Waals surface area contributed by atoms with Crippen LogP contribution >= 0.6 is 0 Å². The van der Waals surface area contributed by atoms with Gasteiger partial charge in [0.25, 0.3) is 5.56 Å². The van der Waals surface area contributed by atoms with Crippen LogP contribution in [0.1, 0.15) is 0 Å². The number of fused-ring (bicyclic) bond motifs is 1. The first-order valence-corrected chi connectivity index (χ1v) is 11.9. The van der Waals surface area contributed by atoms with Crippen LogP contribution in [-0.4, -0.2) is 76.9 Å². The van der Waals surface area contributed by atoms with Gasteiger partial charge in [-0.3, -0.25) is 19.3 Å². The lowest BCUT2D eigenvalue weighted by molar-refractivity contribution is -0.111. The normalized spacial score (nSPS) is 11.0. The highest BCUT2D eigenvalue weighted by Crippen LogP contribution is 2.38. The summed E-state index contributed by atoms with van der Waals surface area (Å²) in [5.41, 5.74) is 3.20. The number of aromatic amines is 1. The van der Waals surface area contributed by atoms with E-state index in [2.05, 4.69) is 42.3 Å². The molecule has 0 aliphatic heterocycles. The van der Waals surface area contributed by atoms with Crippen molar-refractivity contribution in [3.63, 3.8) is 0 Å². The van der Waals surface area contributed by atoms with Crippen molar-refractivity contribution in [2.45, 2.75) is 0 Å². The van der Waals surface area contributed by atoms with Crippen molar-refractivity contribution in [2.75, 3.05) is 56.9 Å². The minimum absolute atomic E-state index is 0.219. The molecule has 198 valence electrons. The second-order valence-electron chi connectivity index (χ2n) is 8.98. The number of pyridine rings is 1. The van der Waals surface area contributed by atoms with Crippen molar-refractivity contribution in [1.29, 1.82) is 0 Å². The standard InChI is InChI=1S/C26H31N9O3/c1-7-23(36)29-19-13-20(22(38-6)14-21(19)34(4)11-10-33(2)3)30-26-27-15-16-12-17(18-8-9-28-32-18)25(37)35(5)24(16)31-26/h7-9,12-15H,1,10-11H2,2-6H3,(H,28,32)(H,29,36)(H,27,30,31). The fourth-order valence-electron chi connectivity index (χ4n) is 3.93. The largest absolute Gasteiger partial charge is 0.494 e. The number of likely N-dealkylation sites (N-methyl/N-ethyl adjacent to an activating group) is 2. The van der Waals surface area contributed by atoms with Crippen LogP contribution in [0.3, 0.4) is 0 Å². The molecule has 38 heavy (non-hydrogen) atoms. The van der Waals surface area contributed by atoms with Crippen molar-refractivity contribution >= 4 is 40.0 Å². The van der Waals surface area contributed by atoms with Gasteiger partial charge in [0.15, 0.2) is 0 Å². The van der Waals surface area contributed by atoms with E-state index in [0.29, 0.717) is 39.4 Å². The topological polar surface area (TPSA) is 133 Å². The number of ether oxygens (including phenoxy) is 1. The molecule has 12 nitrogen and oxygen atoms in total. The Balaban J connectivity index is 1.73. The van der Waals surface area contributed by atoms with Crippen LogP contribution < -0.4 is 25.8 Å². The second-order valence-corrected chi connectivity index (χ2v) is 8.98. The smallest absolute Gasteiger partial charge is 0.261 e. The number of carbonyl (C=O) groups is 1. The van der Waals surface area contributed by atoms with Crippen LogP contribution in [0.15, 0.2) is 54.1 Å². The molecule has 0 bridgehead atoms. The molecular weight excluding hydrogens is 486 g/mol. The highest BCUT2D eigenvalue weighted by molar-refractivity contribution is 6.02. The first-order valence-electron chi connectivity index (χ1n) is 11.9. The SMILES string of the molecule is C=CC(=O)Nc1cc(Nc2ncc3cc(-c4ccn[nH]4)c(=O)n(C)c3n2)c(OC)cc1N(C)CCN(C)C. The number of methoxy groups -OCH3 is 1. The third kappa shape index (κ3) is 5.49. The van der Waals surface area contributed by atoms with Gasteiger partial charge in [-0.15, -0.1) is 0 Å². The molecule has 3 aromatic heterocycles. The molecule has 0 fully saturated rings. The third-order valence-electron chi connectivity index (χ3n) is 6.04. The quantitative estimate of drug-likeness (QED) is 0.271. The summed E-state index contributed by atoms with van der Waals surface area (Å²) in [7, 11) is 9.16. The average Bonchev–Trinajstić information content (AvgIpc) is 3.44. The molecule has 0 aliphatic carbocycles. The predicted octanol–water partition coefficient (Wildman–Crippen LogP) is 2.59. The molecule has 1 aromatic carbocycles. The van der Waals surface area contributed by atoms with Crippen LogP contribution in [0, 0.1) is 0 Å².